The molecule has 1 aliphatic heterocycles. The molecule has 0 radical (unpaired) electrons. The summed E-state index contributed by atoms with van der Waals surface area (Å²) in [4.78, 5) is 101. The molecule has 12 aromatic rings. The van der Waals surface area contributed by atoms with Crippen LogP contribution in [0, 0.1) is 5.53 Å². The molecule has 19 rings (SSSR count). The fourth-order valence-corrected chi connectivity index (χ4v) is 21.2. The van der Waals surface area contributed by atoms with E-state index in [4.69, 9.17) is 54.6 Å². The van der Waals surface area contributed by atoms with Crippen molar-refractivity contribution in [2.45, 2.75) is 153 Å². The fraction of sp³-hybridized carbons (Fsp3) is 0.444. The van der Waals surface area contributed by atoms with Gasteiger partial charge in [-0.2, -0.15) is 44.5 Å². The van der Waals surface area contributed by atoms with Crippen LogP contribution >= 0.6 is 178 Å². The molecule has 6 aliphatic carbocycles. The number of thioether (sulfide) groups is 3. The maximum atomic E-state index is 13.3. The summed E-state index contributed by atoms with van der Waals surface area (Å²) in [6, 6.07) is 0. The molecule has 0 spiro atoms. The molecule has 7 fully saturated rings. The van der Waals surface area contributed by atoms with Gasteiger partial charge in [-0.15, -0.1) is 68.0 Å². The van der Waals surface area contributed by atoms with Crippen LogP contribution in [0.1, 0.15) is 169 Å². The molecular weight excluding hydrogens is 2090 g/mol. The van der Waals surface area contributed by atoms with Gasteiger partial charge in [-0.3, -0.25) is 28.5 Å². The number of carboxylic acids is 1. The van der Waals surface area contributed by atoms with Gasteiger partial charge in [0.1, 0.15) is 71.0 Å². The molecule has 0 atom stereocenters. The molecule has 0 bridgehead atoms. The smallest absolute Gasteiger partial charge is 0.553 e. The normalized spacial score (nSPS) is 15.0. The number of aromatic amines is 1. The Labute approximate surface area is 838 Å². The van der Waals surface area contributed by atoms with Gasteiger partial charge in [-0.1, -0.05) is 51.5 Å². The van der Waals surface area contributed by atoms with Crippen LogP contribution in [0.2, 0.25) is 5.15 Å². The van der Waals surface area contributed by atoms with Crippen LogP contribution in [-0.4, -0.2) is 159 Å². The zero-order valence-electron chi connectivity index (χ0n) is 69.8. The average Bonchev–Trinajstić information content (AvgIpc) is 1.59. The molecule has 61 heteroatoms. The van der Waals surface area contributed by atoms with E-state index in [-0.39, 0.29) is 87.3 Å². The maximum absolute atomic E-state index is 13.3. The Hall–Kier alpha value is -7.14. The molecule has 13 heterocycles. The molecule has 0 unspecified atom stereocenters. The minimum atomic E-state index is -4.42. The summed E-state index contributed by atoms with van der Waals surface area (Å²) in [5.74, 6) is 6.31. The number of aliphatic carboxylic acids is 1. The number of fused-ring (bicyclic) bond motifs is 6. The number of methoxy groups -OCH3 is 4. The van der Waals surface area contributed by atoms with Crippen molar-refractivity contribution in [3.63, 3.8) is 0 Å². The van der Waals surface area contributed by atoms with Gasteiger partial charge in [-0.25, -0.2) is 54.8 Å². The van der Waals surface area contributed by atoms with Crippen molar-refractivity contribution in [2.24, 2.45) is 56.9 Å². The summed E-state index contributed by atoms with van der Waals surface area (Å²) in [6.07, 6.45) is 15.6. The first kappa shape index (κ1) is 111. The van der Waals surface area contributed by atoms with Crippen LogP contribution in [-0.2, 0) is 55.0 Å². The Bertz CT molecular complexity index is 6140. The summed E-state index contributed by atoms with van der Waals surface area (Å²) in [5, 5.41) is 51.0. The SMILES string of the molecule is C1CCOC1.COC(=O)CS.COC(=O)CSc1ncnc2c(C3CC3)c(C(F)(F)F)sc12.COC(=O)CSc1ncnc2c(C3CC3)csc12.COc1ncnc2c(C3CC3)csc12.Clc1ncnc2c(C3CC3)csc12.N=N/N=N/N=N/N=N/N=N/N=NCl.O=C(O)CSc1ncnc2c(C3CC3)c(C(F)(F)F)sc12.O=P(Cl)(Cl)Cl.O=c1[nH]cnc2c(C3CC3)csc12.[NH-]O.[Na+]. The number of carbonyl (C=O) groups is 4. The second kappa shape index (κ2) is 55.5. The van der Waals surface area contributed by atoms with Crippen LogP contribution in [0.25, 0.3) is 67.2 Å². The monoisotopic (exact) mass is 2160 g/mol. The number of hydrogen-bond donors (Lipinski definition) is 5. The predicted octanol–water partition coefficient (Wildman–Crippen LogP) is 22.2. The summed E-state index contributed by atoms with van der Waals surface area (Å²) in [7, 11) is 5.64. The minimum Gasteiger partial charge on any atom is -0.553 e. The van der Waals surface area contributed by atoms with Crippen molar-refractivity contribution in [3.05, 3.63) is 124 Å². The van der Waals surface area contributed by atoms with Gasteiger partial charge >= 0.3 is 71.0 Å². The molecule has 38 nitrogen and oxygen atoms in total. The number of thiophene rings is 6. The van der Waals surface area contributed by atoms with Crippen molar-refractivity contribution in [1.82, 2.24) is 59.8 Å². The molecule has 5 N–H and O–H groups in total. The van der Waals surface area contributed by atoms with Crippen LogP contribution < -0.4 is 39.9 Å². The largest absolute Gasteiger partial charge is 1.00 e. The third-order valence-corrected chi connectivity index (χ3v) is 28.6. The zero-order chi connectivity index (χ0) is 95.7. The number of carbonyl (C=O) groups excluding carboxylic acids is 3. The zero-order valence-corrected chi connectivity index (χ0v) is 84.7. The number of aromatic nitrogens is 12. The molecule has 708 valence electrons. The summed E-state index contributed by atoms with van der Waals surface area (Å²) in [6.45, 7) is 2.00. The Morgan fingerprint density at radius 2 is 0.865 bits per heavy atom. The Kier molecular flexibility index (Phi) is 46.3. The molecular formula is C72H74Cl5F6N25NaO13PS10. The van der Waals surface area contributed by atoms with Crippen LogP contribution in [0.4, 0.5) is 26.3 Å². The fourth-order valence-electron chi connectivity index (χ4n) is 11.6. The molecule has 0 amide bonds. The van der Waals surface area contributed by atoms with Gasteiger partial charge < -0.3 is 44.9 Å². The quantitative estimate of drug-likeness (QED) is 0.00402. The first-order valence-electron chi connectivity index (χ1n) is 38.3. The van der Waals surface area contributed by atoms with E-state index in [2.05, 4.69) is 199 Å². The van der Waals surface area contributed by atoms with Crippen molar-refractivity contribution in [1.29, 1.82) is 5.53 Å². The predicted molar refractivity (Wildman–Crippen MR) is 497 cm³/mol. The number of ether oxygens (including phenoxy) is 5. The molecule has 7 aliphatic rings. The number of thiol groups is 1. The van der Waals surface area contributed by atoms with Crippen LogP contribution in [0.3, 0.4) is 0 Å². The van der Waals surface area contributed by atoms with Crippen LogP contribution in [0.15, 0.2) is 136 Å². The van der Waals surface area contributed by atoms with E-state index in [1.165, 1.54) is 150 Å². The molecule has 12 aromatic heterocycles. The van der Waals surface area contributed by atoms with E-state index in [0.29, 0.717) is 81.8 Å². The molecule has 0 aromatic carbocycles. The van der Waals surface area contributed by atoms with Crippen molar-refractivity contribution in [2.75, 3.05) is 64.7 Å². The van der Waals surface area contributed by atoms with Gasteiger partial charge in [-0.05, 0) is 255 Å². The summed E-state index contributed by atoms with van der Waals surface area (Å²) < 4.78 is 120. The second-order valence-electron chi connectivity index (χ2n) is 27.3. The minimum absolute atomic E-state index is 0. The van der Waals surface area contributed by atoms with E-state index in [1.807, 2.05) is 0 Å². The number of nitrogens with zero attached hydrogens (tertiary/aromatic N) is 22. The number of halogens is 11. The number of esters is 3. The van der Waals surface area contributed by atoms with E-state index < -0.39 is 39.2 Å². The summed E-state index contributed by atoms with van der Waals surface area (Å²) in [5.41, 5.74) is 16.8. The van der Waals surface area contributed by atoms with Crippen molar-refractivity contribution >= 4 is 263 Å². The van der Waals surface area contributed by atoms with E-state index >= 15 is 0 Å². The molecule has 1 saturated heterocycles. The molecule has 133 heavy (non-hydrogen) atoms. The van der Waals surface area contributed by atoms with E-state index in [0.717, 1.165) is 120 Å². The topological polar surface area (TPSA) is 530 Å². The Balaban J connectivity index is 0.000000186. The first-order valence-corrected chi connectivity index (χ1v) is 52.2. The van der Waals surface area contributed by atoms with Gasteiger partial charge in [0.15, 0.2) is 0 Å². The number of nitrogens with one attached hydrogen (secondary N) is 3. The van der Waals surface area contributed by atoms with E-state index in [1.54, 1.807) is 60.1 Å². The first-order chi connectivity index (χ1) is 63.4. The molecule has 6 saturated carbocycles. The number of H-pyrrole nitrogens is 1. The third kappa shape index (κ3) is 35.4. The number of alkyl halides is 6. The Morgan fingerprint density at radius 3 is 1.23 bits per heavy atom. The number of carboxylic acid groups (broad SMARTS) is 1. The number of hydrogen-bond acceptors (Lipinski definition) is 35. The maximum Gasteiger partial charge on any atom is 1.00 e. The van der Waals surface area contributed by atoms with Gasteiger partial charge in [0.25, 0.3) is 5.56 Å². The van der Waals surface area contributed by atoms with Crippen molar-refractivity contribution < 1.29 is 114 Å². The number of rotatable bonds is 22. The second-order valence-corrected chi connectivity index (χ2v) is 43.2. The van der Waals surface area contributed by atoms with Crippen LogP contribution in [0.5, 0.6) is 5.88 Å². The van der Waals surface area contributed by atoms with Gasteiger partial charge in [0, 0.05) is 24.3 Å². The summed E-state index contributed by atoms with van der Waals surface area (Å²) >= 11 is 39.3. The van der Waals surface area contributed by atoms with Gasteiger partial charge in [0.2, 0.25) is 5.88 Å². The van der Waals surface area contributed by atoms with Crippen molar-refractivity contribution in [3.8, 4) is 5.88 Å². The van der Waals surface area contributed by atoms with E-state index in [9.17, 15) is 54.9 Å². The third-order valence-electron chi connectivity index (χ3n) is 18.1. The standard InChI is InChI=1S/C13H11F3N2O2S2.C12H9F3N2O2S2.C12H12N2O2S2.C10H10N2OS.C9H7ClN2S.C9H8N2OS.C4H8O.C3H6O2S.Cl3OP.ClHN12.H2NO.Na/c1-20-7(19)4-21-12-10-9(17-5-18-12)8(6-2-3-6)11(22-10)13(14,15)16;13-12(14,15)10-7(5-1-2-5)8-9(21-10)11(17-4-16-8)20-3-6(18)19;1-16-9(15)5-18-12-11-10(13-6-14-12)8(4-17-11)7-2-3-7;1-13-10-9-8(11-5-12-10)7(4-14-9)6-2-3-6;10-9-8-7(11-4-12-9)6(3-13-8)5-1-2-5;12-9-8-7(10-4-11-9)6(3-13-8)5-1-2-5;1-2-4-5-3-1;1-5-3(4)2-6;1-5(2,3)4;1-3-5-7-9-11-13-12-10-8-6-4-2;1-2;/h5-6H,2-4H2,1H3;4-5H,1-3H2,(H,18,19);4,6-7H,2-3,5H2,1H3;4-6H,2-3H2,1H3;3-5H,1-2H2;3-5H,1-2H2,(H,10,11,12);1-4H2;6H,2H2,1H3;;2H;1-2H;/q;;;;;;;;;;-1;+1/b;;;;;;;;;4-2?,5-3?,8-6+,9-7+,12-10+,13-11+;;. The average molecular weight is 2160 g/mol. The Morgan fingerprint density at radius 1 is 0.519 bits per heavy atom. The van der Waals surface area contributed by atoms with Gasteiger partial charge in [0.05, 0.1) is 121 Å².